The van der Waals surface area contributed by atoms with Gasteiger partial charge in [0.05, 0.1) is 24.2 Å². The molecule has 6 heteroatoms. The summed E-state index contributed by atoms with van der Waals surface area (Å²) in [7, 11) is 0. The van der Waals surface area contributed by atoms with Crippen molar-refractivity contribution in [1.82, 2.24) is 10.2 Å². The molecule has 0 aromatic rings. The fourth-order valence-electron chi connectivity index (χ4n) is 3.23. The summed E-state index contributed by atoms with van der Waals surface area (Å²) < 4.78 is 5.72. The molecule has 3 atom stereocenters. The van der Waals surface area contributed by atoms with Crippen LogP contribution < -0.4 is 5.32 Å². The minimum Gasteiger partial charge on any atom is -0.481 e. The molecule has 1 saturated heterocycles. The molecular weight excluding hydrogens is 272 g/mol. The first-order valence-electron chi connectivity index (χ1n) is 7.84. The highest BCUT2D eigenvalue weighted by Crippen LogP contribution is 2.25. The summed E-state index contributed by atoms with van der Waals surface area (Å²) in [5, 5.41) is 12.1. The molecule has 1 aliphatic heterocycles. The Morgan fingerprint density at radius 2 is 1.76 bits per heavy atom. The number of carbonyl (C=O) groups excluding carboxylic acids is 1. The number of morpholine rings is 1. The lowest BCUT2D eigenvalue weighted by Gasteiger charge is -2.41. The normalized spacial score (nSPS) is 37.1. The molecule has 0 bridgehead atoms. The third-order valence-electron chi connectivity index (χ3n) is 4.74. The number of nitrogens with zero attached hydrogens (tertiary/aromatic N) is 1. The van der Waals surface area contributed by atoms with E-state index in [2.05, 4.69) is 5.32 Å². The van der Waals surface area contributed by atoms with Crippen LogP contribution >= 0.6 is 0 Å². The van der Waals surface area contributed by atoms with Gasteiger partial charge in [-0.05, 0) is 46.5 Å². The molecule has 2 amide bonds. The van der Waals surface area contributed by atoms with Crippen molar-refractivity contribution in [1.29, 1.82) is 0 Å². The summed E-state index contributed by atoms with van der Waals surface area (Å²) in [5.41, 5.74) is 0. The minimum absolute atomic E-state index is 0.0299. The maximum Gasteiger partial charge on any atom is 0.318 e. The van der Waals surface area contributed by atoms with Crippen molar-refractivity contribution in [3.05, 3.63) is 0 Å². The van der Waals surface area contributed by atoms with Gasteiger partial charge in [0.15, 0.2) is 0 Å². The largest absolute Gasteiger partial charge is 0.481 e. The van der Waals surface area contributed by atoms with Gasteiger partial charge >= 0.3 is 12.0 Å². The first-order chi connectivity index (χ1) is 9.88. The number of hydrogen-bond donors (Lipinski definition) is 2. The maximum atomic E-state index is 12.4. The number of hydrogen-bond acceptors (Lipinski definition) is 3. The summed E-state index contributed by atoms with van der Waals surface area (Å²) in [6.07, 6.45) is 2.85. The number of urea groups is 1. The monoisotopic (exact) mass is 298 g/mol. The van der Waals surface area contributed by atoms with Crippen LogP contribution in [0.25, 0.3) is 0 Å². The topological polar surface area (TPSA) is 78.9 Å². The van der Waals surface area contributed by atoms with Crippen molar-refractivity contribution in [3.63, 3.8) is 0 Å². The SMILES string of the molecule is CC1CN(C(=O)NC2CCC(C(=O)O)CC2)C(C)C(C)O1. The summed E-state index contributed by atoms with van der Waals surface area (Å²) in [4.78, 5) is 25.2. The Balaban J connectivity index is 1.85. The van der Waals surface area contributed by atoms with E-state index in [0.29, 0.717) is 19.4 Å². The Bertz CT molecular complexity index is 393. The molecule has 2 rings (SSSR count). The number of carboxylic acids is 1. The number of rotatable bonds is 2. The van der Waals surface area contributed by atoms with Gasteiger partial charge in [-0.3, -0.25) is 4.79 Å². The van der Waals surface area contributed by atoms with Crippen LogP contribution in [0.5, 0.6) is 0 Å². The molecule has 0 radical (unpaired) electrons. The first kappa shape index (κ1) is 16.1. The van der Waals surface area contributed by atoms with Gasteiger partial charge in [-0.1, -0.05) is 0 Å². The third-order valence-corrected chi connectivity index (χ3v) is 4.74. The number of aliphatic carboxylic acids is 1. The van der Waals surface area contributed by atoms with E-state index in [4.69, 9.17) is 9.84 Å². The van der Waals surface area contributed by atoms with Crippen LogP contribution in [-0.4, -0.2) is 52.8 Å². The first-order valence-corrected chi connectivity index (χ1v) is 7.84. The predicted octanol–water partition coefficient (Wildman–Crippen LogP) is 1.84. The number of carboxylic acid groups (broad SMARTS) is 1. The molecule has 21 heavy (non-hydrogen) atoms. The minimum atomic E-state index is -0.718. The number of nitrogens with one attached hydrogen (secondary N) is 1. The summed E-state index contributed by atoms with van der Waals surface area (Å²) >= 11 is 0. The molecule has 2 fully saturated rings. The lowest BCUT2D eigenvalue weighted by atomic mass is 9.86. The highest BCUT2D eigenvalue weighted by atomic mass is 16.5. The van der Waals surface area contributed by atoms with Crippen LogP contribution in [0.4, 0.5) is 4.79 Å². The molecule has 1 saturated carbocycles. The molecule has 1 aliphatic carbocycles. The van der Waals surface area contributed by atoms with Crippen molar-refractivity contribution >= 4 is 12.0 Å². The number of ether oxygens (including phenoxy) is 1. The lowest BCUT2D eigenvalue weighted by Crippen LogP contribution is -2.58. The standard InChI is InChI=1S/C15H26N2O4/c1-9-8-17(10(2)11(3)21-9)15(20)16-13-6-4-12(5-7-13)14(18)19/h9-13H,4-8H2,1-3H3,(H,16,20)(H,18,19). The molecule has 6 nitrogen and oxygen atoms in total. The Labute approximate surface area is 125 Å². The molecule has 0 spiro atoms. The van der Waals surface area contributed by atoms with E-state index >= 15 is 0 Å². The van der Waals surface area contributed by atoms with Crippen LogP contribution in [-0.2, 0) is 9.53 Å². The van der Waals surface area contributed by atoms with Crippen LogP contribution in [0.2, 0.25) is 0 Å². The van der Waals surface area contributed by atoms with Crippen LogP contribution in [0.1, 0.15) is 46.5 Å². The zero-order chi connectivity index (χ0) is 15.6. The Morgan fingerprint density at radius 3 is 2.33 bits per heavy atom. The molecule has 1 heterocycles. The number of carbonyl (C=O) groups is 2. The summed E-state index contributed by atoms with van der Waals surface area (Å²) in [6, 6.07) is 0.0913. The van der Waals surface area contributed by atoms with Crippen molar-refractivity contribution in [3.8, 4) is 0 Å². The molecule has 2 aliphatic rings. The molecule has 2 N–H and O–H groups in total. The van der Waals surface area contributed by atoms with E-state index in [-0.39, 0.29) is 36.2 Å². The van der Waals surface area contributed by atoms with E-state index in [1.54, 1.807) is 0 Å². The van der Waals surface area contributed by atoms with Crippen molar-refractivity contribution in [2.45, 2.75) is 70.7 Å². The van der Waals surface area contributed by atoms with Gasteiger partial charge in [0.1, 0.15) is 0 Å². The van der Waals surface area contributed by atoms with Gasteiger partial charge in [-0.15, -0.1) is 0 Å². The average molecular weight is 298 g/mol. The summed E-state index contributed by atoms with van der Waals surface area (Å²) in [6.45, 7) is 6.55. The zero-order valence-electron chi connectivity index (χ0n) is 13.0. The predicted molar refractivity (Wildman–Crippen MR) is 78.1 cm³/mol. The molecule has 0 aromatic heterocycles. The Hall–Kier alpha value is -1.30. The lowest BCUT2D eigenvalue weighted by molar-refractivity contribution is -0.142. The van der Waals surface area contributed by atoms with E-state index in [1.807, 2.05) is 25.7 Å². The average Bonchev–Trinajstić information content (AvgIpc) is 2.43. The number of amides is 2. The van der Waals surface area contributed by atoms with Gasteiger partial charge in [0.2, 0.25) is 0 Å². The zero-order valence-corrected chi connectivity index (χ0v) is 13.0. The van der Waals surface area contributed by atoms with Crippen LogP contribution in [0.3, 0.4) is 0 Å². The smallest absolute Gasteiger partial charge is 0.318 e. The van der Waals surface area contributed by atoms with E-state index in [9.17, 15) is 9.59 Å². The van der Waals surface area contributed by atoms with Crippen molar-refractivity contribution in [2.75, 3.05) is 6.54 Å². The van der Waals surface area contributed by atoms with E-state index < -0.39 is 5.97 Å². The van der Waals surface area contributed by atoms with Gasteiger partial charge in [0, 0.05) is 12.6 Å². The second-order valence-electron chi connectivity index (χ2n) is 6.38. The maximum absolute atomic E-state index is 12.4. The molecule has 120 valence electrons. The fourth-order valence-corrected chi connectivity index (χ4v) is 3.23. The third kappa shape index (κ3) is 3.87. The van der Waals surface area contributed by atoms with Gasteiger partial charge in [0.25, 0.3) is 0 Å². The fraction of sp³-hybridized carbons (Fsp3) is 0.867. The Morgan fingerprint density at radius 1 is 1.14 bits per heavy atom. The van der Waals surface area contributed by atoms with E-state index in [0.717, 1.165) is 12.8 Å². The molecule has 0 aromatic carbocycles. The van der Waals surface area contributed by atoms with Crippen molar-refractivity contribution < 1.29 is 19.4 Å². The van der Waals surface area contributed by atoms with Crippen LogP contribution in [0.15, 0.2) is 0 Å². The summed E-state index contributed by atoms with van der Waals surface area (Å²) in [5.74, 6) is -0.968. The quantitative estimate of drug-likeness (QED) is 0.815. The van der Waals surface area contributed by atoms with Crippen LogP contribution in [0, 0.1) is 5.92 Å². The second-order valence-corrected chi connectivity index (χ2v) is 6.38. The van der Waals surface area contributed by atoms with Gasteiger partial charge < -0.3 is 20.1 Å². The van der Waals surface area contributed by atoms with Crippen molar-refractivity contribution in [2.24, 2.45) is 5.92 Å². The van der Waals surface area contributed by atoms with Gasteiger partial charge in [-0.25, -0.2) is 4.79 Å². The highest BCUT2D eigenvalue weighted by Gasteiger charge is 2.34. The second kappa shape index (κ2) is 6.64. The highest BCUT2D eigenvalue weighted by molar-refractivity contribution is 5.75. The van der Waals surface area contributed by atoms with E-state index in [1.165, 1.54) is 0 Å². The Kier molecular flexibility index (Phi) is 5.08. The van der Waals surface area contributed by atoms with Gasteiger partial charge in [-0.2, -0.15) is 0 Å². The molecular formula is C15H26N2O4. The molecule has 3 unspecified atom stereocenters.